The van der Waals surface area contributed by atoms with Crippen molar-refractivity contribution in [1.82, 2.24) is 5.32 Å². The molecule has 0 radical (unpaired) electrons. The Kier molecular flexibility index (Phi) is 4.74. The summed E-state index contributed by atoms with van der Waals surface area (Å²) in [5.74, 6) is -0.303. The molecule has 4 nitrogen and oxygen atoms in total. The molecule has 0 spiro atoms. The third-order valence-corrected chi connectivity index (χ3v) is 2.57. The molecule has 0 aliphatic rings. The topological polar surface area (TPSA) is 58.6 Å². The SMILES string of the molecule is CC(C)OC(=O)CNC(C)(C)C(C)(C)O. The summed E-state index contributed by atoms with van der Waals surface area (Å²) in [5, 5.41) is 12.8. The van der Waals surface area contributed by atoms with Crippen LogP contribution in [0.25, 0.3) is 0 Å². The highest BCUT2D eigenvalue weighted by Crippen LogP contribution is 2.19. The second-order valence-corrected chi connectivity index (χ2v) is 5.08. The lowest BCUT2D eigenvalue weighted by molar-refractivity contribution is -0.147. The van der Waals surface area contributed by atoms with Crippen LogP contribution in [-0.2, 0) is 9.53 Å². The maximum Gasteiger partial charge on any atom is 0.320 e. The van der Waals surface area contributed by atoms with E-state index in [2.05, 4.69) is 5.32 Å². The molecule has 0 amide bonds. The summed E-state index contributed by atoms with van der Waals surface area (Å²) < 4.78 is 4.98. The summed E-state index contributed by atoms with van der Waals surface area (Å²) in [6, 6.07) is 0. The van der Waals surface area contributed by atoms with Crippen LogP contribution in [0.5, 0.6) is 0 Å². The zero-order valence-corrected chi connectivity index (χ0v) is 10.5. The molecule has 0 atom stereocenters. The van der Waals surface area contributed by atoms with Gasteiger partial charge < -0.3 is 9.84 Å². The Balaban J connectivity index is 4.10. The first-order valence-corrected chi connectivity index (χ1v) is 5.23. The van der Waals surface area contributed by atoms with Gasteiger partial charge in [-0.3, -0.25) is 10.1 Å². The van der Waals surface area contributed by atoms with Crippen LogP contribution < -0.4 is 5.32 Å². The van der Waals surface area contributed by atoms with E-state index in [1.54, 1.807) is 27.7 Å². The Bertz CT molecular complexity index is 216. The number of carbonyl (C=O) groups is 1. The fraction of sp³-hybridized carbons (Fsp3) is 0.909. The Morgan fingerprint density at radius 2 is 1.80 bits per heavy atom. The molecule has 0 aliphatic carbocycles. The number of aliphatic hydroxyl groups is 1. The molecular weight excluding hydrogens is 194 g/mol. The standard InChI is InChI=1S/C11H23NO3/c1-8(2)15-9(13)7-12-10(3,4)11(5,6)14/h8,12,14H,7H2,1-6H3. The van der Waals surface area contributed by atoms with Gasteiger partial charge in [-0.15, -0.1) is 0 Å². The first kappa shape index (κ1) is 14.4. The molecular formula is C11H23NO3. The lowest BCUT2D eigenvalue weighted by Crippen LogP contribution is -2.57. The maximum absolute atomic E-state index is 11.3. The first-order valence-electron chi connectivity index (χ1n) is 5.23. The lowest BCUT2D eigenvalue weighted by atomic mass is 9.86. The maximum atomic E-state index is 11.3. The molecule has 0 bridgehead atoms. The number of hydrogen-bond donors (Lipinski definition) is 2. The van der Waals surface area contributed by atoms with Crippen molar-refractivity contribution < 1.29 is 14.6 Å². The van der Waals surface area contributed by atoms with Crippen molar-refractivity contribution in [3.63, 3.8) is 0 Å². The van der Waals surface area contributed by atoms with E-state index in [0.717, 1.165) is 0 Å². The van der Waals surface area contributed by atoms with E-state index in [0.29, 0.717) is 0 Å². The highest BCUT2D eigenvalue weighted by molar-refractivity contribution is 5.71. The van der Waals surface area contributed by atoms with Gasteiger partial charge in [-0.2, -0.15) is 0 Å². The van der Waals surface area contributed by atoms with Crippen LogP contribution in [0.15, 0.2) is 0 Å². The van der Waals surface area contributed by atoms with Crippen LogP contribution in [0.2, 0.25) is 0 Å². The fourth-order valence-corrected chi connectivity index (χ4v) is 0.814. The molecule has 0 rings (SSSR count). The van der Waals surface area contributed by atoms with Gasteiger partial charge in [0.05, 0.1) is 18.2 Å². The minimum absolute atomic E-state index is 0.106. The predicted molar refractivity (Wildman–Crippen MR) is 59.6 cm³/mol. The minimum atomic E-state index is -0.898. The number of nitrogens with one attached hydrogen (secondary N) is 1. The molecule has 4 heteroatoms. The van der Waals surface area contributed by atoms with Gasteiger partial charge in [0.2, 0.25) is 0 Å². The van der Waals surface area contributed by atoms with Crippen molar-refractivity contribution in [2.24, 2.45) is 0 Å². The van der Waals surface area contributed by atoms with E-state index in [4.69, 9.17) is 4.74 Å². The highest BCUT2D eigenvalue weighted by Gasteiger charge is 2.34. The second-order valence-electron chi connectivity index (χ2n) is 5.08. The van der Waals surface area contributed by atoms with Gasteiger partial charge in [-0.25, -0.2) is 0 Å². The third-order valence-electron chi connectivity index (χ3n) is 2.57. The molecule has 0 aromatic heterocycles. The lowest BCUT2D eigenvalue weighted by Gasteiger charge is -2.37. The molecule has 15 heavy (non-hydrogen) atoms. The summed E-state index contributed by atoms with van der Waals surface area (Å²) in [6.07, 6.45) is -0.107. The van der Waals surface area contributed by atoms with Crippen molar-refractivity contribution in [1.29, 1.82) is 0 Å². The van der Waals surface area contributed by atoms with E-state index in [9.17, 15) is 9.90 Å². The van der Waals surface area contributed by atoms with Gasteiger partial charge in [-0.05, 0) is 41.5 Å². The number of hydrogen-bond acceptors (Lipinski definition) is 4. The Hall–Kier alpha value is -0.610. The van der Waals surface area contributed by atoms with Crippen LogP contribution in [0.4, 0.5) is 0 Å². The van der Waals surface area contributed by atoms with E-state index >= 15 is 0 Å². The molecule has 0 fully saturated rings. The van der Waals surface area contributed by atoms with E-state index in [1.807, 2.05) is 13.8 Å². The average molecular weight is 217 g/mol. The zero-order chi connectivity index (χ0) is 12.3. The Morgan fingerprint density at radius 1 is 1.33 bits per heavy atom. The molecule has 0 saturated carbocycles. The van der Waals surface area contributed by atoms with Crippen molar-refractivity contribution in [3.8, 4) is 0 Å². The zero-order valence-electron chi connectivity index (χ0n) is 10.5. The van der Waals surface area contributed by atoms with Gasteiger partial charge in [0.25, 0.3) is 0 Å². The van der Waals surface area contributed by atoms with E-state index < -0.39 is 11.1 Å². The molecule has 0 heterocycles. The molecule has 0 saturated heterocycles. The summed E-state index contributed by atoms with van der Waals surface area (Å²) in [7, 11) is 0. The van der Waals surface area contributed by atoms with Gasteiger partial charge in [0.15, 0.2) is 0 Å². The van der Waals surface area contributed by atoms with Crippen LogP contribution in [-0.4, -0.2) is 34.9 Å². The van der Waals surface area contributed by atoms with Crippen LogP contribution in [0.1, 0.15) is 41.5 Å². The molecule has 0 aliphatic heterocycles. The Labute approximate surface area is 92.0 Å². The molecule has 0 aromatic carbocycles. The van der Waals surface area contributed by atoms with Crippen molar-refractivity contribution in [2.45, 2.75) is 58.8 Å². The fourth-order valence-electron chi connectivity index (χ4n) is 0.814. The summed E-state index contributed by atoms with van der Waals surface area (Å²) in [6.45, 7) is 10.8. The van der Waals surface area contributed by atoms with Crippen molar-refractivity contribution in [2.75, 3.05) is 6.54 Å². The number of carbonyl (C=O) groups excluding carboxylic acids is 1. The highest BCUT2D eigenvalue weighted by atomic mass is 16.5. The van der Waals surface area contributed by atoms with E-state index in [-0.39, 0.29) is 18.6 Å². The minimum Gasteiger partial charge on any atom is -0.462 e. The summed E-state index contributed by atoms with van der Waals surface area (Å²) in [4.78, 5) is 11.3. The quantitative estimate of drug-likeness (QED) is 0.676. The van der Waals surface area contributed by atoms with Crippen LogP contribution in [0.3, 0.4) is 0 Å². The average Bonchev–Trinajstić information content (AvgIpc) is 1.97. The predicted octanol–water partition coefficient (Wildman–Crippen LogP) is 1.08. The van der Waals surface area contributed by atoms with Crippen molar-refractivity contribution in [3.05, 3.63) is 0 Å². The number of ether oxygens (including phenoxy) is 1. The third kappa shape index (κ3) is 5.14. The number of rotatable bonds is 5. The van der Waals surface area contributed by atoms with Crippen LogP contribution in [0, 0.1) is 0 Å². The smallest absolute Gasteiger partial charge is 0.320 e. The van der Waals surface area contributed by atoms with Gasteiger partial charge in [0, 0.05) is 5.54 Å². The van der Waals surface area contributed by atoms with Gasteiger partial charge in [-0.1, -0.05) is 0 Å². The van der Waals surface area contributed by atoms with Gasteiger partial charge in [0.1, 0.15) is 0 Å². The number of esters is 1. The summed E-state index contributed by atoms with van der Waals surface area (Å²) >= 11 is 0. The summed E-state index contributed by atoms with van der Waals surface area (Å²) in [5.41, 5.74) is -1.44. The van der Waals surface area contributed by atoms with Gasteiger partial charge >= 0.3 is 5.97 Å². The molecule has 0 unspecified atom stereocenters. The van der Waals surface area contributed by atoms with E-state index in [1.165, 1.54) is 0 Å². The first-order chi connectivity index (χ1) is 6.56. The molecule has 0 aromatic rings. The van der Waals surface area contributed by atoms with Crippen LogP contribution >= 0.6 is 0 Å². The molecule has 90 valence electrons. The molecule has 2 N–H and O–H groups in total. The second kappa shape index (κ2) is 4.94. The Morgan fingerprint density at radius 3 is 2.13 bits per heavy atom. The van der Waals surface area contributed by atoms with Crippen molar-refractivity contribution >= 4 is 5.97 Å². The largest absolute Gasteiger partial charge is 0.462 e. The normalized spacial score (nSPS) is 13.1. The monoisotopic (exact) mass is 217 g/mol.